The molecule has 3 heteroatoms. The summed E-state index contributed by atoms with van der Waals surface area (Å²) >= 11 is 5.24. The predicted molar refractivity (Wildman–Crippen MR) is 63.2 cm³/mol. The van der Waals surface area contributed by atoms with E-state index in [2.05, 4.69) is 53.5 Å². The van der Waals surface area contributed by atoms with Crippen molar-refractivity contribution in [1.29, 1.82) is 0 Å². The molecule has 0 aliphatic carbocycles. The van der Waals surface area contributed by atoms with Crippen molar-refractivity contribution < 1.29 is 0 Å². The summed E-state index contributed by atoms with van der Waals surface area (Å²) in [5.41, 5.74) is 0. The average Bonchev–Trinajstić information content (AvgIpc) is 2.47. The number of hydrogen-bond acceptors (Lipinski definition) is 2. The van der Waals surface area contributed by atoms with Gasteiger partial charge in [0.15, 0.2) is 0 Å². The van der Waals surface area contributed by atoms with E-state index in [-0.39, 0.29) is 0 Å². The summed E-state index contributed by atoms with van der Waals surface area (Å²) in [6.07, 6.45) is 0. The number of rotatable bonds is 4. The molecule has 1 heterocycles. The molecule has 0 saturated carbocycles. The second-order valence-corrected chi connectivity index (χ2v) is 5.56. The summed E-state index contributed by atoms with van der Waals surface area (Å²) < 4.78 is 1.19. The highest BCUT2D eigenvalue weighted by atomic mass is 79.9. The number of thiophene rings is 1. The van der Waals surface area contributed by atoms with Gasteiger partial charge in [-0.3, -0.25) is 0 Å². The molecule has 1 atom stereocenters. The Balaban J connectivity index is 2.35. The number of nitrogens with one attached hydrogen (secondary N) is 1. The Morgan fingerprint density at radius 3 is 2.62 bits per heavy atom. The second-order valence-electron chi connectivity index (χ2n) is 3.64. The van der Waals surface area contributed by atoms with Gasteiger partial charge in [-0.15, -0.1) is 11.3 Å². The third-order valence-electron chi connectivity index (χ3n) is 2.22. The van der Waals surface area contributed by atoms with Crippen molar-refractivity contribution in [3.8, 4) is 0 Å². The topological polar surface area (TPSA) is 12.0 Å². The van der Waals surface area contributed by atoms with Crippen molar-refractivity contribution in [3.05, 3.63) is 20.8 Å². The molecule has 0 amide bonds. The zero-order chi connectivity index (χ0) is 9.84. The highest BCUT2D eigenvalue weighted by Crippen LogP contribution is 2.19. The first kappa shape index (κ1) is 11.2. The Bertz CT molecular complexity index is 257. The molecule has 0 aliphatic rings. The van der Waals surface area contributed by atoms with Gasteiger partial charge in [-0.05, 0) is 34.8 Å². The number of halogens is 1. The van der Waals surface area contributed by atoms with Gasteiger partial charge in [-0.2, -0.15) is 0 Å². The minimum atomic E-state index is 0.584. The van der Waals surface area contributed by atoms with E-state index in [1.807, 2.05) is 0 Å². The third-order valence-corrected chi connectivity index (χ3v) is 3.92. The Kier molecular flexibility index (Phi) is 4.42. The lowest BCUT2D eigenvalue weighted by molar-refractivity contribution is 0.427. The van der Waals surface area contributed by atoms with Gasteiger partial charge in [0, 0.05) is 27.3 Å². The van der Waals surface area contributed by atoms with Gasteiger partial charge in [0.05, 0.1) is 0 Å². The molecule has 0 aliphatic heterocycles. The fourth-order valence-corrected chi connectivity index (χ4v) is 2.35. The lowest BCUT2D eigenvalue weighted by Crippen LogP contribution is -2.29. The average molecular weight is 262 g/mol. The normalized spacial score (nSPS) is 13.6. The lowest BCUT2D eigenvalue weighted by Gasteiger charge is -2.16. The molecule has 1 aromatic heterocycles. The minimum absolute atomic E-state index is 0.584. The fourth-order valence-electron chi connectivity index (χ4n) is 0.944. The van der Waals surface area contributed by atoms with Crippen LogP contribution in [0.5, 0.6) is 0 Å². The first-order valence-corrected chi connectivity index (χ1v) is 6.23. The molecule has 0 radical (unpaired) electrons. The quantitative estimate of drug-likeness (QED) is 0.873. The van der Waals surface area contributed by atoms with E-state index in [1.165, 1.54) is 9.35 Å². The summed E-state index contributed by atoms with van der Waals surface area (Å²) in [6.45, 7) is 7.69. The van der Waals surface area contributed by atoms with Crippen LogP contribution in [-0.2, 0) is 6.54 Å². The molecule has 13 heavy (non-hydrogen) atoms. The lowest BCUT2D eigenvalue weighted by atomic mass is 10.1. The molecule has 1 N–H and O–H groups in total. The molecule has 0 fully saturated rings. The predicted octanol–water partition coefficient (Wildman–Crippen LogP) is 3.64. The molecular formula is C10H16BrNS. The summed E-state index contributed by atoms with van der Waals surface area (Å²) in [6, 6.07) is 2.76. The van der Waals surface area contributed by atoms with Crippen LogP contribution in [0.15, 0.2) is 15.9 Å². The van der Waals surface area contributed by atoms with E-state index in [1.54, 1.807) is 11.3 Å². The van der Waals surface area contributed by atoms with E-state index >= 15 is 0 Å². The molecule has 0 saturated heterocycles. The van der Waals surface area contributed by atoms with Gasteiger partial charge in [0.1, 0.15) is 0 Å². The third kappa shape index (κ3) is 3.79. The van der Waals surface area contributed by atoms with Crippen LogP contribution < -0.4 is 5.32 Å². The van der Waals surface area contributed by atoms with Crippen LogP contribution in [0.25, 0.3) is 0 Å². The van der Waals surface area contributed by atoms with Crippen molar-refractivity contribution in [2.45, 2.75) is 33.4 Å². The molecule has 74 valence electrons. The Labute approximate surface area is 92.7 Å². The van der Waals surface area contributed by atoms with Gasteiger partial charge in [0.2, 0.25) is 0 Å². The maximum Gasteiger partial charge on any atom is 0.0302 e. The largest absolute Gasteiger partial charge is 0.309 e. The maximum absolute atomic E-state index is 3.50. The first-order valence-electron chi connectivity index (χ1n) is 4.56. The van der Waals surface area contributed by atoms with E-state index in [4.69, 9.17) is 0 Å². The SMILES string of the molecule is CC(C)[C@H](C)NCc1cc(Br)cs1. The second kappa shape index (κ2) is 5.13. The van der Waals surface area contributed by atoms with Crippen molar-refractivity contribution in [1.82, 2.24) is 5.32 Å². The van der Waals surface area contributed by atoms with Crippen LogP contribution in [0, 0.1) is 5.92 Å². The van der Waals surface area contributed by atoms with Crippen molar-refractivity contribution in [3.63, 3.8) is 0 Å². The summed E-state index contributed by atoms with van der Waals surface area (Å²) in [5, 5.41) is 5.62. The van der Waals surface area contributed by atoms with E-state index < -0.39 is 0 Å². The molecule has 0 aromatic carbocycles. The summed E-state index contributed by atoms with van der Waals surface area (Å²) in [5.74, 6) is 0.698. The van der Waals surface area contributed by atoms with Crippen LogP contribution >= 0.6 is 27.3 Å². The Hall–Kier alpha value is 0.140. The van der Waals surface area contributed by atoms with E-state index in [9.17, 15) is 0 Å². The molecule has 0 spiro atoms. The van der Waals surface area contributed by atoms with Gasteiger partial charge >= 0.3 is 0 Å². The highest BCUT2D eigenvalue weighted by molar-refractivity contribution is 9.10. The highest BCUT2D eigenvalue weighted by Gasteiger charge is 2.06. The van der Waals surface area contributed by atoms with Crippen LogP contribution in [0.3, 0.4) is 0 Å². The zero-order valence-corrected chi connectivity index (χ0v) is 10.7. The van der Waals surface area contributed by atoms with Crippen LogP contribution in [-0.4, -0.2) is 6.04 Å². The molecule has 0 unspecified atom stereocenters. The summed E-state index contributed by atoms with van der Waals surface area (Å²) in [4.78, 5) is 1.39. The first-order chi connectivity index (χ1) is 6.09. The smallest absolute Gasteiger partial charge is 0.0302 e. The van der Waals surface area contributed by atoms with Gasteiger partial charge in [-0.25, -0.2) is 0 Å². The molecule has 1 rings (SSSR count). The van der Waals surface area contributed by atoms with E-state index in [0.717, 1.165) is 6.54 Å². The van der Waals surface area contributed by atoms with Gasteiger partial charge in [-0.1, -0.05) is 13.8 Å². The molecule has 0 bridgehead atoms. The summed E-state index contributed by atoms with van der Waals surface area (Å²) in [7, 11) is 0. The van der Waals surface area contributed by atoms with Crippen molar-refractivity contribution >= 4 is 27.3 Å². The van der Waals surface area contributed by atoms with Crippen molar-refractivity contribution in [2.75, 3.05) is 0 Å². The maximum atomic E-state index is 3.50. The fraction of sp³-hybridized carbons (Fsp3) is 0.600. The minimum Gasteiger partial charge on any atom is -0.309 e. The van der Waals surface area contributed by atoms with Crippen molar-refractivity contribution in [2.24, 2.45) is 5.92 Å². The van der Waals surface area contributed by atoms with Crippen LogP contribution in [0.2, 0.25) is 0 Å². The standard InChI is InChI=1S/C10H16BrNS/c1-7(2)8(3)12-5-10-4-9(11)6-13-10/h4,6-8,12H,5H2,1-3H3/t8-/m0/s1. The monoisotopic (exact) mass is 261 g/mol. The van der Waals surface area contributed by atoms with E-state index in [0.29, 0.717) is 12.0 Å². The zero-order valence-electron chi connectivity index (χ0n) is 8.30. The Morgan fingerprint density at radius 1 is 1.46 bits per heavy atom. The molecule has 1 nitrogen and oxygen atoms in total. The van der Waals surface area contributed by atoms with Gasteiger partial charge in [0.25, 0.3) is 0 Å². The molecular weight excluding hydrogens is 246 g/mol. The number of hydrogen-bond donors (Lipinski definition) is 1. The Morgan fingerprint density at radius 2 is 2.15 bits per heavy atom. The van der Waals surface area contributed by atoms with Gasteiger partial charge < -0.3 is 5.32 Å². The van der Waals surface area contributed by atoms with Crippen LogP contribution in [0.4, 0.5) is 0 Å². The van der Waals surface area contributed by atoms with Crippen LogP contribution in [0.1, 0.15) is 25.6 Å². The molecule has 1 aromatic rings.